The zero-order valence-electron chi connectivity index (χ0n) is 8.38. The molecule has 1 aliphatic rings. The maximum atomic E-state index is 4.24. The summed E-state index contributed by atoms with van der Waals surface area (Å²) in [5.74, 6) is 1.97. The molecule has 6 heteroatoms. The van der Waals surface area contributed by atoms with E-state index in [4.69, 9.17) is 0 Å². The van der Waals surface area contributed by atoms with Crippen LogP contribution in [0.2, 0.25) is 0 Å². The van der Waals surface area contributed by atoms with Gasteiger partial charge in [-0.05, 0) is 12.1 Å². The van der Waals surface area contributed by atoms with E-state index in [1.165, 1.54) is 0 Å². The third-order valence-corrected chi connectivity index (χ3v) is 4.37. The van der Waals surface area contributed by atoms with E-state index in [2.05, 4.69) is 35.7 Å². The highest BCUT2D eigenvalue weighted by Crippen LogP contribution is 2.36. The number of alkyl halides is 1. The fourth-order valence-corrected chi connectivity index (χ4v) is 3.66. The quantitative estimate of drug-likeness (QED) is 0.798. The Bertz CT molecular complexity index is 499. The van der Waals surface area contributed by atoms with Crippen LogP contribution in [0, 0.1) is 0 Å². The Labute approximate surface area is 106 Å². The van der Waals surface area contributed by atoms with Gasteiger partial charge < -0.3 is 0 Å². The van der Waals surface area contributed by atoms with Crippen LogP contribution in [0.4, 0.5) is 0 Å². The van der Waals surface area contributed by atoms with Gasteiger partial charge in [-0.25, -0.2) is 0 Å². The van der Waals surface area contributed by atoms with Gasteiger partial charge in [-0.2, -0.15) is 0 Å². The molecule has 0 aromatic carbocycles. The third kappa shape index (κ3) is 1.56. The van der Waals surface area contributed by atoms with Crippen LogP contribution in [0.1, 0.15) is 6.04 Å². The summed E-state index contributed by atoms with van der Waals surface area (Å²) in [6.45, 7) is 0. The number of thioether (sulfide) groups is 1. The Hall–Kier alpha value is -0.880. The number of fused-ring (bicyclic) bond motifs is 1. The summed E-state index contributed by atoms with van der Waals surface area (Å²) in [7, 11) is 0. The Morgan fingerprint density at radius 1 is 1.50 bits per heavy atom. The maximum Gasteiger partial charge on any atom is 0.191 e. The first-order chi connectivity index (χ1) is 7.90. The zero-order chi connectivity index (χ0) is 11.0. The second-order valence-corrected chi connectivity index (χ2v) is 5.17. The molecule has 0 radical (unpaired) electrons. The van der Waals surface area contributed by atoms with Gasteiger partial charge in [-0.3, -0.25) is 9.55 Å². The van der Waals surface area contributed by atoms with E-state index in [1.807, 2.05) is 18.3 Å². The molecule has 0 fully saturated rings. The van der Waals surface area contributed by atoms with Crippen molar-refractivity contribution in [2.45, 2.75) is 11.2 Å². The van der Waals surface area contributed by atoms with Crippen LogP contribution in [0.5, 0.6) is 0 Å². The number of halogens is 1. The van der Waals surface area contributed by atoms with Crippen molar-refractivity contribution in [3.63, 3.8) is 0 Å². The lowest BCUT2D eigenvalue weighted by Gasteiger charge is -2.10. The maximum absolute atomic E-state index is 4.24. The van der Waals surface area contributed by atoms with Crippen molar-refractivity contribution in [2.75, 3.05) is 11.1 Å². The summed E-state index contributed by atoms with van der Waals surface area (Å²) in [5.41, 5.74) is 1.02. The molecule has 4 nitrogen and oxygen atoms in total. The number of rotatable bonds is 2. The molecule has 2 aromatic heterocycles. The minimum absolute atomic E-state index is 0.435. The van der Waals surface area contributed by atoms with Crippen molar-refractivity contribution in [3.8, 4) is 11.4 Å². The highest BCUT2D eigenvalue weighted by molar-refractivity contribution is 9.09. The molecule has 0 unspecified atom stereocenters. The molecular weight excluding hydrogens is 288 g/mol. The van der Waals surface area contributed by atoms with Crippen molar-refractivity contribution in [2.24, 2.45) is 0 Å². The van der Waals surface area contributed by atoms with Crippen molar-refractivity contribution >= 4 is 27.7 Å². The highest BCUT2D eigenvalue weighted by Gasteiger charge is 2.27. The molecule has 3 heterocycles. The Balaban J connectivity index is 2.10. The van der Waals surface area contributed by atoms with Crippen molar-refractivity contribution in [1.29, 1.82) is 0 Å². The first-order valence-corrected chi connectivity index (χ1v) is 7.05. The highest BCUT2D eigenvalue weighted by atomic mass is 79.9. The van der Waals surface area contributed by atoms with E-state index >= 15 is 0 Å². The molecule has 0 saturated heterocycles. The van der Waals surface area contributed by atoms with Crippen LogP contribution >= 0.6 is 27.7 Å². The fraction of sp³-hybridized carbons (Fsp3) is 0.300. The van der Waals surface area contributed by atoms with Crippen LogP contribution in [0.15, 0.2) is 29.7 Å². The minimum Gasteiger partial charge on any atom is -0.297 e. The van der Waals surface area contributed by atoms with Gasteiger partial charge in [0.25, 0.3) is 0 Å². The molecule has 0 bridgehead atoms. The predicted molar refractivity (Wildman–Crippen MR) is 66.8 cm³/mol. The van der Waals surface area contributed by atoms with Crippen LogP contribution < -0.4 is 0 Å². The molecule has 82 valence electrons. The second-order valence-electron chi connectivity index (χ2n) is 3.54. The Morgan fingerprint density at radius 2 is 2.44 bits per heavy atom. The zero-order valence-corrected chi connectivity index (χ0v) is 10.8. The largest absolute Gasteiger partial charge is 0.297 e. The fourth-order valence-electron chi connectivity index (χ4n) is 1.76. The molecule has 1 atom stereocenters. The van der Waals surface area contributed by atoms with Gasteiger partial charge >= 0.3 is 0 Å². The van der Waals surface area contributed by atoms with Gasteiger partial charge in [0, 0.05) is 29.0 Å². The number of aromatic nitrogens is 4. The Kier molecular flexibility index (Phi) is 2.69. The van der Waals surface area contributed by atoms with E-state index in [0.717, 1.165) is 27.6 Å². The van der Waals surface area contributed by atoms with Crippen molar-refractivity contribution in [1.82, 2.24) is 19.7 Å². The molecule has 1 aliphatic heterocycles. The first-order valence-electron chi connectivity index (χ1n) is 4.94. The van der Waals surface area contributed by atoms with Crippen LogP contribution in [-0.4, -0.2) is 30.8 Å². The second kappa shape index (κ2) is 4.18. The minimum atomic E-state index is 0.435. The summed E-state index contributed by atoms with van der Waals surface area (Å²) < 4.78 is 2.19. The summed E-state index contributed by atoms with van der Waals surface area (Å²) in [6.07, 6.45) is 3.59. The van der Waals surface area contributed by atoms with Crippen LogP contribution in [0.3, 0.4) is 0 Å². The molecule has 3 rings (SSSR count). The lowest BCUT2D eigenvalue weighted by molar-refractivity contribution is 0.600. The van der Waals surface area contributed by atoms with E-state index in [-0.39, 0.29) is 0 Å². The van der Waals surface area contributed by atoms with E-state index in [9.17, 15) is 0 Å². The van der Waals surface area contributed by atoms with E-state index in [1.54, 1.807) is 18.0 Å². The van der Waals surface area contributed by atoms with Gasteiger partial charge in [-0.1, -0.05) is 27.7 Å². The van der Waals surface area contributed by atoms with E-state index in [0.29, 0.717) is 6.04 Å². The van der Waals surface area contributed by atoms with E-state index < -0.39 is 0 Å². The Morgan fingerprint density at radius 3 is 3.19 bits per heavy atom. The molecule has 0 spiro atoms. The molecule has 0 amide bonds. The topological polar surface area (TPSA) is 43.6 Å². The van der Waals surface area contributed by atoms with Gasteiger partial charge in [0.2, 0.25) is 0 Å². The third-order valence-electron chi connectivity index (χ3n) is 2.53. The van der Waals surface area contributed by atoms with Gasteiger partial charge in [0.15, 0.2) is 11.0 Å². The normalized spacial score (nSPS) is 18.7. The van der Waals surface area contributed by atoms with Crippen LogP contribution in [-0.2, 0) is 0 Å². The molecule has 2 aromatic rings. The summed E-state index contributed by atoms with van der Waals surface area (Å²) in [6, 6.07) is 4.37. The molecule has 0 N–H and O–H groups in total. The first kappa shape index (κ1) is 10.3. The lowest BCUT2D eigenvalue weighted by atomic mass is 10.2. The molecular formula is C10H9BrN4S. The average Bonchev–Trinajstić information content (AvgIpc) is 2.90. The molecule has 16 heavy (non-hydrogen) atoms. The monoisotopic (exact) mass is 296 g/mol. The number of hydrogen-bond donors (Lipinski definition) is 0. The van der Waals surface area contributed by atoms with Crippen LogP contribution in [0.25, 0.3) is 11.4 Å². The predicted octanol–water partition coefficient (Wildman–Crippen LogP) is 2.38. The van der Waals surface area contributed by atoms with Gasteiger partial charge in [-0.15, -0.1) is 10.2 Å². The van der Waals surface area contributed by atoms with Crippen molar-refractivity contribution < 1.29 is 0 Å². The molecule has 0 saturated carbocycles. The number of hydrogen-bond acceptors (Lipinski definition) is 4. The smallest absolute Gasteiger partial charge is 0.191 e. The van der Waals surface area contributed by atoms with Crippen molar-refractivity contribution in [3.05, 3.63) is 24.5 Å². The average molecular weight is 297 g/mol. The lowest BCUT2D eigenvalue weighted by Crippen LogP contribution is -2.09. The summed E-state index contributed by atoms with van der Waals surface area (Å²) in [5, 5.41) is 10.4. The van der Waals surface area contributed by atoms with Gasteiger partial charge in [0.05, 0.1) is 6.04 Å². The SMILES string of the molecule is BrC[C@@H]1CSc2nnc(-c3cccnc3)n21. The summed E-state index contributed by atoms with van der Waals surface area (Å²) >= 11 is 5.29. The molecule has 0 aliphatic carbocycles. The standard InChI is InChI=1S/C10H9BrN4S/c11-4-8-6-16-10-14-13-9(15(8)10)7-2-1-3-12-5-7/h1-3,5,8H,4,6H2/t8-/m1/s1. The van der Waals surface area contributed by atoms with Gasteiger partial charge in [0.1, 0.15) is 0 Å². The number of pyridine rings is 1. The summed E-state index contributed by atoms with van der Waals surface area (Å²) in [4.78, 5) is 4.12. The number of nitrogens with zero attached hydrogens (tertiary/aromatic N) is 4.